The Kier molecular flexibility index (Phi) is 1.94. The lowest BCUT2D eigenvalue weighted by atomic mass is 10.1. The van der Waals surface area contributed by atoms with Crippen LogP contribution in [0, 0.1) is 0 Å². The van der Waals surface area contributed by atoms with Crippen LogP contribution < -0.4 is 5.30 Å². The minimum atomic E-state index is -0.0481. The van der Waals surface area contributed by atoms with Gasteiger partial charge in [0.15, 0.2) is 0 Å². The van der Waals surface area contributed by atoms with E-state index >= 15 is 0 Å². The van der Waals surface area contributed by atoms with E-state index in [9.17, 15) is 0 Å². The van der Waals surface area contributed by atoms with E-state index in [4.69, 9.17) is 0 Å². The molecule has 2 rings (SSSR count). The minimum Gasteiger partial charge on any atom is -0.275 e. The van der Waals surface area contributed by atoms with E-state index in [2.05, 4.69) is 49.6 Å². The van der Waals surface area contributed by atoms with E-state index in [1.54, 1.807) is 5.30 Å². The Hall–Kier alpha value is -0.390. The third kappa shape index (κ3) is 1.01. The maximum absolute atomic E-state index is 2.47. The molecule has 0 aromatic heterocycles. The molecule has 2 heteroatoms. The van der Waals surface area contributed by atoms with E-state index in [1.807, 2.05) is 0 Å². The molecule has 1 aromatic carbocycles. The number of rotatable bonds is 0. The van der Waals surface area contributed by atoms with E-state index in [1.165, 1.54) is 5.56 Å². The summed E-state index contributed by atoms with van der Waals surface area (Å²) >= 11 is 0. The van der Waals surface area contributed by atoms with E-state index in [0.717, 1.165) is 0 Å². The van der Waals surface area contributed by atoms with Gasteiger partial charge in [0.2, 0.25) is 0 Å². The van der Waals surface area contributed by atoms with Crippen molar-refractivity contribution in [3.8, 4) is 0 Å². The van der Waals surface area contributed by atoms with Crippen LogP contribution in [-0.2, 0) is 0 Å². The van der Waals surface area contributed by atoms with Crippen LogP contribution in [-0.4, -0.2) is 18.4 Å². The zero-order chi connectivity index (χ0) is 8.72. The van der Waals surface area contributed by atoms with Crippen molar-refractivity contribution in [3.63, 3.8) is 0 Å². The summed E-state index contributed by atoms with van der Waals surface area (Å²) in [6, 6.07) is 9.40. The molecular weight excluding hydrogens is 165 g/mol. The van der Waals surface area contributed by atoms with Crippen molar-refractivity contribution >= 4 is 13.4 Å². The van der Waals surface area contributed by atoms with Crippen molar-refractivity contribution < 1.29 is 0 Å². The molecule has 2 atom stereocenters. The molecule has 0 radical (unpaired) electrons. The molecule has 0 aliphatic carbocycles. The molecule has 0 saturated carbocycles. The first-order chi connectivity index (χ1) is 5.72. The first-order valence-corrected chi connectivity index (χ1v) is 6.01. The fraction of sp³-hybridized carbons (Fsp3) is 0.400. The number of hydrogen-bond acceptors (Lipinski definition) is 1. The molecule has 12 heavy (non-hydrogen) atoms. The molecule has 0 saturated heterocycles. The number of benzene rings is 1. The topological polar surface area (TPSA) is 3.24 Å². The monoisotopic (exact) mass is 179 g/mol. The second-order valence-electron chi connectivity index (χ2n) is 3.33. The van der Waals surface area contributed by atoms with Crippen LogP contribution in [0.4, 0.5) is 0 Å². The van der Waals surface area contributed by atoms with Gasteiger partial charge in [0, 0.05) is 6.04 Å². The second-order valence-corrected chi connectivity index (χ2v) is 5.49. The normalized spacial score (nSPS) is 28.9. The number of fused-ring (bicyclic) bond motifs is 1. The van der Waals surface area contributed by atoms with Gasteiger partial charge in [-0.25, -0.2) is 0 Å². The van der Waals surface area contributed by atoms with Crippen molar-refractivity contribution in [1.29, 1.82) is 0 Å². The Morgan fingerprint density at radius 2 is 2.00 bits per heavy atom. The van der Waals surface area contributed by atoms with Crippen molar-refractivity contribution in [1.82, 2.24) is 4.67 Å². The molecule has 64 valence electrons. The first kappa shape index (κ1) is 8.22. The maximum atomic E-state index is 2.47. The third-order valence-corrected chi connectivity index (χ3v) is 5.17. The van der Waals surface area contributed by atoms with Gasteiger partial charge in [-0.3, -0.25) is 4.67 Å². The van der Waals surface area contributed by atoms with Crippen molar-refractivity contribution in [2.75, 3.05) is 13.7 Å². The highest BCUT2D eigenvalue weighted by atomic mass is 31.1. The van der Waals surface area contributed by atoms with Gasteiger partial charge in [-0.05, 0) is 39.6 Å². The SMILES string of the molecule is CC1c2ccccc2P(C)N1C. The fourth-order valence-electron chi connectivity index (χ4n) is 1.77. The van der Waals surface area contributed by atoms with Gasteiger partial charge in [-0.2, -0.15) is 0 Å². The summed E-state index contributed by atoms with van der Waals surface area (Å²) < 4.78 is 2.47. The summed E-state index contributed by atoms with van der Waals surface area (Å²) in [5.74, 6) is 0. The average molecular weight is 179 g/mol. The molecular formula is C10H14NP. The van der Waals surface area contributed by atoms with Crippen LogP contribution in [0.25, 0.3) is 0 Å². The molecule has 0 bridgehead atoms. The summed E-state index contributed by atoms with van der Waals surface area (Å²) in [6.45, 7) is 4.61. The molecule has 0 spiro atoms. The van der Waals surface area contributed by atoms with Gasteiger partial charge in [0.25, 0.3) is 0 Å². The predicted molar refractivity (Wildman–Crippen MR) is 55.1 cm³/mol. The van der Waals surface area contributed by atoms with Gasteiger partial charge in [-0.15, -0.1) is 0 Å². The Bertz CT molecular complexity index is 269. The fourth-order valence-corrected chi connectivity index (χ4v) is 3.69. The van der Waals surface area contributed by atoms with Crippen LogP contribution in [0.3, 0.4) is 0 Å². The predicted octanol–water partition coefficient (Wildman–Crippen LogP) is 2.35. The number of hydrogen-bond donors (Lipinski definition) is 0. The van der Waals surface area contributed by atoms with Gasteiger partial charge in [-0.1, -0.05) is 24.3 Å². The van der Waals surface area contributed by atoms with Crippen LogP contribution in [0.5, 0.6) is 0 Å². The summed E-state index contributed by atoms with van der Waals surface area (Å²) in [7, 11) is 2.17. The van der Waals surface area contributed by atoms with E-state index < -0.39 is 0 Å². The summed E-state index contributed by atoms with van der Waals surface area (Å²) in [6.07, 6.45) is 0. The molecule has 0 N–H and O–H groups in total. The van der Waals surface area contributed by atoms with Crippen LogP contribution in [0.15, 0.2) is 24.3 Å². The third-order valence-electron chi connectivity index (χ3n) is 2.77. The zero-order valence-electron chi connectivity index (χ0n) is 7.78. The standard InChI is InChI=1S/C10H14NP/c1-8-9-6-4-5-7-10(9)12(3)11(8)2/h4-8H,1-3H3. The summed E-state index contributed by atoms with van der Waals surface area (Å²) in [5, 5.41) is 1.56. The molecule has 1 aromatic rings. The Balaban J connectivity index is 2.52. The first-order valence-electron chi connectivity index (χ1n) is 4.27. The van der Waals surface area contributed by atoms with Gasteiger partial charge in [0.1, 0.15) is 0 Å². The van der Waals surface area contributed by atoms with E-state index in [0.29, 0.717) is 6.04 Å². The minimum absolute atomic E-state index is 0.0481. The maximum Gasteiger partial charge on any atom is 0.0363 e. The highest BCUT2D eigenvalue weighted by Crippen LogP contribution is 2.47. The van der Waals surface area contributed by atoms with Crippen LogP contribution in [0.1, 0.15) is 18.5 Å². The molecule has 0 fully saturated rings. The van der Waals surface area contributed by atoms with E-state index in [-0.39, 0.29) is 8.07 Å². The number of nitrogens with zero attached hydrogens (tertiary/aromatic N) is 1. The summed E-state index contributed by atoms with van der Waals surface area (Å²) in [5.41, 5.74) is 1.52. The smallest absolute Gasteiger partial charge is 0.0363 e. The lowest BCUT2D eigenvalue weighted by Crippen LogP contribution is -2.09. The highest BCUT2D eigenvalue weighted by molar-refractivity contribution is 7.63. The second kappa shape index (κ2) is 2.83. The molecule has 1 aliphatic heterocycles. The lowest BCUT2D eigenvalue weighted by molar-refractivity contribution is 0.457. The van der Waals surface area contributed by atoms with Gasteiger partial charge in [0.05, 0.1) is 0 Å². The largest absolute Gasteiger partial charge is 0.275 e. The Morgan fingerprint density at radius 3 is 2.67 bits per heavy atom. The molecule has 0 amide bonds. The average Bonchev–Trinajstić information content (AvgIpc) is 2.33. The molecule has 1 nitrogen and oxygen atoms in total. The van der Waals surface area contributed by atoms with Crippen molar-refractivity contribution in [3.05, 3.63) is 29.8 Å². The Morgan fingerprint density at radius 1 is 1.33 bits per heavy atom. The summed E-state index contributed by atoms with van der Waals surface area (Å²) in [4.78, 5) is 0. The molecule has 1 aliphatic rings. The molecule has 2 unspecified atom stereocenters. The van der Waals surface area contributed by atoms with Crippen molar-refractivity contribution in [2.24, 2.45) is 0 Å². The van der Waals surface area contributed by atoms with Crippen molar-refractivity contribution in [2.45, 2.75) is 13.0 Å². The van der Waals surface area contributed by atoms with Gasteiger partial charge >= 0.3 is 0 Å². The zero-order valence-corrected chi connectivity index (χ0v) is 8.68. The van der Waals surface area contributed by atoms with Crippen LogP contribution >= 0.6 is 8.07 Å². The highest BCUT2D eigenvalue weighted by Gasteiger charge is 2.29. The Labute approximate surface area is 75.2 Å². The van der Waals surface area contributed by atoms with Gasteiger partial charge < -0.3 is 0 Å². The quantitative estimate of drug-likeness (QED) is 0.552. The lowest BCUT2D eigenvalue weighted by Gasteiger charge is -2.19. The van der Waals surface area contributed by atoms with Crippen LogP contribution in [0.2, 0.25) is 0 Å². The molecule has 1 heterocycles.